The van der Waals surface area contributed by atoms with E-state index in [1.54, 1.807) is 7.11 Å². The van der Waals surface area contributed by atoms with E-state index in [1.807, 2.05) is 6.92 Å². The Morgan fingerprint density at radius 2 is 1.77 bits per heavy atom. The third-order valence-corrected chi connectivity index (χ3v) is 11.3. The zero-order valence-electron chi connectivity index (χ0n) is 28.5. The molecule has 47 heavy (non-hydrogen) atoms. The maximum atomic E-state index is 11.9. The minimum atomic E-state index is -0.838. The van der Waals surface area contributed by atoms with Gasteiger partial charge < -0.3 is 60.8 Å². The summed E-state index contributed by atoms with van der Waals surface area (Å²) in [5, 5.41) is 58.0. The number of hydrogen-bond acceptors (Lipinski definition) is 12. The van der Waals surface area contributed by atoms with E-state index in [2.05, 4.69) is 10.6 Å². The molecule has 2 heterocycles. The van der Waals surface area contributed by atoms with Crippen LogP contribution in [0.3, 0.4) is 0 Å². The number of carbonyl (C=O) groups is 1. The van der Waals surface area contributed by atoms with E-state index in [-0.39, 0.29) is 55.4 Å². The van der Waals surface area contributed by atoms with Crippen LogP contribution in [0.15, 0.2) is 0 Å². The first-order valence-corrected chi connectivity index (χ1v) is 18.1. The number of nitrogens with one attached hydrogen (secondary N) is 2. The van der Waals surface area contributed by atoms with Crippen LogP contribution in [0, 0.1) is 23.7 Å². The number of hydrogen-bond donors (Lipinski definition) is 8. The molecule has 14 atom stereocenters. The zero-order chi connectivity index (χ0) is 33.9. The van der Waals surface area contributed by atoms with Crippen LogP contribution in [0.1, 0.15) is 90.4 Å². The second-order valence-corrected chi connectivity index (χ2v) is 14.7. The summed E-state index contributed by atoms with van der Waals surface area (Å²) in [6, 6.07) is -0.198. The number of nitrogens with two attached hydrogens (primary N) is 1. The van der Waals surface area contributed by atoms with Gasteiger partial charge in [0.05, 0.1) is 55.5 Å². The van der Waals surface area contributed by atoms with Crippen molar-refractivity contribution in [3.63, 3.8) is 0 Å². The molecule has 14 unspecified atom stereocenters. The van der Waals surface area contributed by atoms with Gasteiger partial charge in [0, 0.05) is 19.6 Å². The largest absolute Gasteiger partial charge is 0.481 e. The van der Waals surface area contributed by atoms with Gasteiger partial charge in [0.1, 0.15) is 12.9 Å². The quantitative estimate of drug-likeness (QED) is 0.102. The maximum absolute atomic E-state index is 11.9. The first kappa shape index (κ1) is 38.8. The monoisotopic (exact) mass is 673 g/mol. The van der Waals surface area contributed by atoms with Crippen molar-refractivity contribution in [2.24, 2.45) is 29.4 Å². The molecular weight excluding hydrogens is 610 g/mol. The highest BCUT2D eigenvalue weighted by atomic mass is 16.6. The highest BCUT2D eigenvalue weighted by Gasteiger charge is 2.44. The van der Waals surface area contributed by atoms with Gasteiger partial charge in [-0.1, -0.05) is 6.92 Å². The molecule has 2 saturated heterocycles. The van der Waals surface area contributed by atoms with Crippen LogP contribution in [0.4, 0.5) is 0 Å². The molecule has 2 aliphatic carbocycles. The average molecular weight is 674 g/mol. The third kappa shape index (κ3) is 11.8. The first-order valence-electron chi connectivity index (χ1n) is 18.1. The molecule has 0 aromatic heterocycles. The van der Waals surface area contributed by atoms with Crippen molar-refractivity contribution in [3.8, 4) is 0 Å². The Bertz CT molecular complexity index is 919. The lowest BCUT2D eigenvalue weighted by Gasteiger charge is -2.45. The number of piperidine rings is 1. The number of rotatable bonds is 17. The van der Waals surface area contributed by atoms with E-state index in [1.165, 1.54) is 0 Å². The first-order chi connectivity index (χ1) is 22.6. The Hall–Kier alpha value is -0.970. The number of carboxylic acids is 1. The Labute approximate surface area is 280 Å². The predicted octanol–water partition coefficient (Wildman–Crippen LogP) is 1.09. The Morgan fingerprint density at radius 3 is 2.47 bits per heavy atom. The molecule has 0 radical (unpaired) electrons. The van der Waals surface area contributed by atoms with Crippen LogP contribution in [-0.4, -0.2) is 126 Å². The molecule has 13 heteroatoms. The molecule has 4 aliphatic rings. The van der Waals surface area contributed by atoms with Gasteiger partial charge in [-0.15, -0.1) is 0 Å². The Balaban J connectivity index is 1.36. The summed E-state index contributed by atoms with van der Waals surface area (Å²) in [5.74, 6) is -0.273. The highest BCUT2D eigenvalue weighted by Crippen LogP contribution is 2.39. The highest BCUT2D eigenvalue weighted by molar-refractivity contribution is 5.67. The van der Waals surface area contributed by atoms with E-state index in [9.17, 15) is 30.3 Å². The number of aliphatic carboxylic acids is 1. The van der Waals surface area contributed by atoms with Crippen LogP contribution >= 0.6 is 0 Å². The molecule has 0 aromatic rings. The number of methoxy groups -OCH3 is 1. The Morgan fingerprint density at radius 1 is 0.979 bits per heavy atom. The van der Waals surface area contributed by atoms with Crippen molar-refractivity contribution in [2.45, 2.75) is 151 Å². The van der Waals surface area contributed by atoms with Gasteiger partial charge in [0.25, 0.3) is 0 Å². The summed E-state index contributed by atoms with van der Waals surface area (Å²) in [5.41, 5.74) is 6.14. The fraction of sp³-hybridized carbons (Fsp3) is 0.971. The van der Waals surface area contributed by atoms with Gasteiger partial charge >= 0.3 is 5.97 Å². The summed E-state index contributed by atoms with van der Waals surface area (Å²) < 4.78 is 24.2. The second-order valence-electron chi connectivity index (χ2n) is 14.7. The maximum Gasteiger partial charge on any atom is 0.303 e. The topological polar surface area (TPSA) is 205 Å². The van der Waals surface area contributed by atoms with E-state index >= 15 is 0 Å². The molecule has 0 spiro atoms. The third-order valence-electron chi connectivity index (χ3n) is 11.3. The van der Waals surface area contributed by atoms with Crippen molar-refractivity contribution in [1.82, 2.24) is 10.6 Å². The molecule has 9 N–H and O–H groups in total. The van der Waals surface area contributed by atoms with E-state index < -0.39 is 43.3 Å². The number of likely N-dealkylation sites (N-methyl/N-ethyl adjacent to an activating group) is 1. The summed E-state index contributed by atoms with van der Waals surface area (Å²) in [4.78, 5) is 11.9. The number of aliphatic hydroxyl groups is 4. The van der Waals surface area contributed by atoms with Crippen molar-refractivity contribution in [1.29, 1.82) is 0 Å². The number of carboxylic acid groups (broad SMARTS) is 1. The lowest BCUT2D eigenvalue weighted by Crippen LogP contribution is -2.52. The van der Waals surface area contributed by atoms with Gasteiger partial charge in [-0.25, -0.2) is 0 Å². The molecule has 274 valence electrons. The smallest absolute Gasteiger partial charge is 0.303 e. The molecule has 0 bridgehead atoms. The van der Waals surface area contributed by atoms with Crippen LogP contribution in [-0.2, 0) is 23.7 Å². The van der Waals surface area contributed by atoms with Gasteiger partial charge in [-0.05, 0) is 114 Å². The van der Waals surface area contributed by atoms with Crippen LogP contribution < -0.4 is 16.4 Å². The molecule has 2 aliphatic heterocycles. The van der Waals surface area contributed by atoms with Crippen LogP contribution in [0.25, 0.3) is 0 Å². The van der Waals surface area contributed by atoms with Crippen molar-refractivity contribution >= 4 is 5.97 Å². The van der Waals surface area contributed by atoms with Crippen molar-refractivity contribution < 1.29 is 49.3 Å². The van der Waals surface area contributed by atoms with Crippen LogP contribution in [0.2, 0.25) is 0 Å². The van der Waals surface area contributed by atoms with Crippen LogP contribution in [0.5, 0.6) is 0 Å². The lowest BCUT2D eigenvalue weighted by atomic mass is 9.77. The molecule has 0 amide bonds. The van der Waals surface area contributed by atoms with Gasteiger partial charge in [-0.2, -0.15) is 0 Å². The lowest BCUT2D eigenvalue weighted by molar-refractivity contribution is -0.178. The summed E-state index contributed by atoms with van der Waals surface area (Å²) >= 11 is 0. The Kier molecular flexibility index (Phi) is 16.1. The number of aliphatic hydroxyl groups excluding tert-OH is 4. The normalized spacial score (nSPS) is 39.7. The summed E-state index contributed by atoms with van der Waals surface area (Å²) in [6.45, 7) is 3.35. The van der Waals surface area contributed by atoms with Gasteiger partial charge in [0.15, 0.2) is 0 Å². The summed E-state index contributed by atoms with van der Waals surface area (Å²) in [6.07, 6.45) is 5.14. The number of ether oxygens (including phenoxy) is 4. The minimum Gasteiger partial charge on any atom is -0.481 e. The zero-order valence-corrected chi connectivity index (χ0v) is 28.5. The minimum absolute atomic E-state index is 0.0154. The predicted molar refractivity (Wildman–Crippen MR) is 174 cm³/mol. The van der Waals surface area contributed by atoms with E-state index in [0.717, 1.165) is 45.1 Å². The molecule has 2 saturated carbocycles. The average Bonchev–Trinajstić information content (AvgIpc) is 3.03. The molecule has 0 aromatic carbocycles. The van der Waals surface area contributed by atoms with Crippen molar-refractivity contribution in [2.75, 3.05) is 33.6 Å². The molecule has 13 nitrogen and oxygen atoms in total. The fourth-order valence-electron chi connectivity index (χ4n) is 8.73. The summed E-state index contributed by atoms with van der Waals surface area (Å²) in [7, 11) is 1.59. The van der Waals surface area contributed by atoms with Gasteiger partial charge in [-0.3, -0.25) is 4.79 Å². The SMILES string of the molecule is CCNC(COC1CC(C2CC(O)CC(CCC3CCC(O)C(OCO)C3)O2)CC(OC)C1O)C(CC(=O)O)CC1CCNC(N)C1. The second kappa shape index (κ2) is 19.4. The standard InChI is InChI=1S/C34H63N3O10/c1-3-36-26(22(15-33(41)42)10-21-8-9-37-32(35)12-21)18-45-31-14-23(13-30(44-2)34(31)43)28-17-24(39)16-25(47-28)6-4-20-5-7-27(40)29(11-20)46-19-38/h20-32,34,36-40,43H,3-19,35H2,1-2H3,(H,41,42). The van der Waals surface area contributed by atoms with E-state index in [4.69, 9.17) is 24.7 Å². The molecule has 4 fully saturated rings. The van der Waals surface area contributed by atoms with E-state index in [0.29, 0.717) is 56.9 Å². The van der Waals surface area contributed by atoms with Gasteiger partial charge in [0.2, 0.25) is 0 Å². The molecule has 4 rings (SSSR count). The van der Waals surface area contributed by atoms with Crippen molar-refractivity contribution in [3.05, 3.63) is 0 Å². The fourth-order valence-corrected chi connectivity index (χ4v) is 8.73. The molecular formula is C34H63N3O10.